The molecular formula is C10H12FN3O3S. The van der Waals surface area contributed by atoms with Crippen molar-refractivity contribution >= 4 is 22.1 Å². The molecule has 0 N–H and O–H groups in total. The van der Waals surface area contributed by atoms with E-state index in [1.807, 2.05) is 6.92 Å². The first-order chi connectivity index (χ1) is 8.35. The van der Waals surface area contributed by atoms with Gasteiger partial charge in [0.25, 0.3) is 0 Å². The molecule has 2 rings (SSSR count). The van der Waals surface area contributed by atoms with E-state index < -0.39 is 21.9 Å². The third kappa shape index (κ3) is 3.00. The number of aromatic nitrogens is 2. The maximum atomic E-state index is 12.6. The molecule has 1 aliphatic rings. The van der Waals surface area contributed by atoms with Crippen molar-refractivity contribution in [3.05, 3.63) is 18.0 Å². The van der Waals surface area contributed by atoms with Crippen LogP contribution in [0, 0.1) is 12.8 Å². The van der Waals surface area contributed by atoms with Gasteiger partial charge in [-0.15, -0.1) is 3.89 Å². The fourth-order valence-electron chi connectivity index (χ4n) is 1.89. The Kier molecular flexibility index (Phi) is 3.29. The molecule has 18 heavy (non-hydrogen) atoms. The highest BCUT2D eigenvalue weighted by Gasteiger charge is 2.34. The average Bonchev–Trinajstić information content (AvgIpc) is 2.58. The number of aryl methyl sites for hydroxylation is 1. The minimum atomic E-state index is -4.56. The Balaban J connectivity index is 2.12. The number of hydrogen-bond donors (Lipinski definition) is 0. The number of carbonyl (C=O) groups is 1. The first kappa shape index (κ1) is 12.9. The van der Waals surface area contributed by atoms with Gasteiger partial charge >= 0.3 is 10.2 Å². The highest BCUT2D eigenvalue weighted by Crippen LogP contribution is 2.23. The van der Waals surface area contributed by atoms with E-state index in [4.69, 9.17) is 0 Å². The van der Waals surface area contributed by atoms with Crippen LogP contribution >= 0.6 is 0 Å². The van der Waals surface area contributed by atoms with Gasteiger partial charge in [0, 0.05) is 31.3 Å². The fourth-order valence-corrected chi connectivity index (χ4v) is 2.68. The quantitative estimate of drug-likeness (QED) is 0.746. The highest BCUT2D eigenvalue weighted by atomic mass is 32.3. The van der Waals surface area contributed by atoms with E-state index in [1.54, 1.807) is 12.4 Å². The van der Waals surface area contributed by atoms with E-state index in [1.165, 1.54) is 4.90 Å². The topological polar surface area (TPSA) is 80.2 Å². The van der Waals surface area contributed by atoms with Gasteiger partial charge in [-0.3, -0.25) is 9.69 Å². The van der Waals surface area contributed by atoms with Gasteiger partial charge in [0.2, 0.25) is 11.9 Å². The van der Waals surface area contributed by atoms with Crippen LogP contribution in [0.5, 0.6) is 0 Å². The zero-order chi connectivity index (χ0) is 13.3. The van der Waals surface area contributed by atoms with Crippen molar-refractivity contribution in [2.75, 3.05) is 17.2 Å². The normalized spacial score (nSPS) is 20.4. The maximum Gasteiger partial charge on any atom is 0.302 e. The number of halogens is 1. The Bertz CT molecular complexity index is 558. The van der Waals surface area contributed by atoms with Gasteiger partial charge in [0.05, 0.1) is 5.75 Å². The van der Waals surface area contributed by atoms with E-state index in [0.29, 0.717) is 0 Å². The van der Waals surface area contributed by atoms with E-state index in [2.05, 4.69) is 9.97 Å². The number of nitrogens with zero attached hydrogens (tertiary/aromatic N) is 3. The van der Waals surface area contributed by atoms with E-state index >= 15 is 0 Å². The molecule has 0 aromatic carbocycles. The Morgan fingerprint density at radius 1 is 1.44 bits per heavy atom. The lowest BCUT2D eigenvalue weighted by Crippen LogP contribution is -2.27. The molecule has 1 aromatic rings. The van der Waals surface area contributed by atoms with Gasteiger partial charge < -0.3 is 0 Å². The highest BCUT2D eigenvalue weighted by molar-refractivity contribution is 7.86. The Morgan fingerprint density at radius 3 is 2.61 bits per heavy atom. The van der Waals surface area contributed by atoms with Crippen LogP contribution in [0.3, 0.4) is 0 Å². The lowest BCUT2D eigenvalue weighted by atomic mass is 10.1. The second-order valence-corrected chi connectivity index (χ2v) is 5.75. The molecule has 1 aromatic heterocycles. The van der Waals surface area contributed by atoms with Gasteiger partial charge in [-0.25, -0.2) is 9.97 Å². The Morgan fingerprint density at radius 2 is 2.06 bits per heavy atom. The lowest BCUT2D eigenvalue weighted by molar-refractivity contribution is -0.117. The largest absolute Gasteiger partial charge is 0.302 e. The molecule has 1 atom stereocenters. The molecule has 0 bridgehead atoms. The van der Waals surface area contributed by atoms with E-state index in [9.17, 15) is 17.1 Å². The monoisotopic (exact) mass is 273 g/mol. The minimum absolute atomic E-state index is 0.000383. The molecule has 2 heterocycles. The molecule has 0 radical (unpaired) electrons. The third-order valence-corrected chi connectivity index (χ3v) is 3.52. The van der Waals surface area contributed by atoms with Crippen LogP contribution in [0.15, 0.2) is 12.4 Å². The van der Waals surface area contributed by atoms with Crippen molar-refractivity contribution in [3.63, 3.8) is 0 Å². The summed E-state index contributed by atoms with van der Waals surface area (Å²) in [5.41, 5.74) is 0.855. The predicted octanol–water partition coefficient (Wildman–Crippen LogP) is 0.437. The zero-order valence-corrected chi connectivity index (χ0v) is 10.5. The van der Waals surface area contributed by atoms with Crippen molar-refractivity contribution in [3.8, 4) is 0 Å². The maximum absolute atomic E-state index is 12.6. The standard InChI is InChI=1S/C10H12FN3O3S/c1-7-3-12-10(13-4-7)14-5-8(2-9(14)15)6-18(11,16)17/h3-4,8H,2,5-6H2,1H3. The van der Waals surface area contributed by atoms with Gasteiger partial charge in [-0.2, -0.15) is 8.42 Å². The molecule has 0 spiro atoms. The lowest BCUT2D eigenvalue weighted by Gasteiger charge is -2.13. The second kappa shape index (κ2) is 4.60. The van der Waals surface area contributed by atoms with E-state index in [-0.39, 0.29) is 24.8 Å². The summed E-state index contributed by atoms with van der Waals surface area (Å²) in [6, 6.07) is 0. The Hall–Kier alpha value is -1.57. The van der Waals surface area contributed by atoms with Crippen LogP contribution in [-0.2, 0) is 15.0 Å². The van der Waals surface area contributed by atoms with Crippen LogP contribution in [0.25, 0.3) is 0 Å². The predicted molar refractivity (Wildman–Crippen MR) is 62.1 cm³/mol. The number of carbonyl (C=O) groups excluding carboxylic acids is 1. The minimum Gasteiger partial charge on any atom is -0.280 e. The zero-order valence-electron chi connectivity index (χ0n) is 9.71. The Labute approximate surface area is 104 Å². The van der Waals surface area contributed by atoms with Gasteiger partial charge in [0.1, 0.15) is 0 Å². The summed E-state index contributed by atoms with van der Waals surface area (Å²) < 4.78 is 33.7. The molecule has 1 fully saturated rings. The summed E-state index contributed by atoms with van der Waals surface area (Å²) in [6.07, 6.45) is 3.13. The van der Waals surface area contributed by atoms with E-state index in [0.717, 1.165) is 5.56 Å². The molecule has 0 saturated carbocycles. The summed E-state index contributed by atoms with van der Waals surface area (Å²) in [4.78, 5) is 21.0. The molecule has 1 unspecified atom stereocenters. The number of rotatable bonds is 3. The summed E-state index contributed by atoms with van der Waals surface area (Å²) in [6.45, 7) is 1.94. The van der Waals surface area contributed by atoms with Gasteiger partial charge in [-0.1, -0.05) is 0 Å². The van der Waals surface area contributed by atoms with Crippen molar-refractivity contribution in [2.45, 2.75) is 13.3 Å². The first-order valence-corrected chi connectivity index (χ1v) is 6.92. The molecule has 8 heteroatoms. The molecule has 98 valence electrons. The van der Waals surface area contributed by atoms with Crippen molar-refractivity contribution in [1.82, 2.24) is 9.97 Å². The van der Waals surface area contributed by atoms with Gasteiger partial charge in [0.15, 0.2) is 0 Å². The fraction of sp³-hybridized carbons (Fsp3) is 0.500. The van der Waals surface area contributed by atoms with Crippen LogP contribution in [0.1, 0.15) is 12.0 Å². The second-order valence-electron chi connectivity index (χ2n) is 4.34. The van der Waals surface area contributed by atoms with Gasteiger partial charge in [-0.05, 0) is 12.5 Å². The third-order valence-electron chi connectivity index (χ3n) is 2.65. The molecular weight excluding hydrogens is 261 g/mol. The number of hydrogen-bond acceptors (Lipinski definition) is 5. The molecule has 1 amide bonds. The summed E-state index contributed by atoms with van der Waals surface area (Å²) in [5.74, 6) is -1.24. The smallest absolute Gasteiger partial charge is 0.280 e. The van der Waals surface area contributed by atoms with Crippen LogP contribution in [0.4, 0.5) is 9.83 Å². The van der Waals surface area contributed by atoms with Crippen LogP contribution < -0.4 is 4.90 Å². The summed E-state index contributed by atoms with van der Waals surface area (Å²) >= 11 is 0. The first-order valence-electron chi connectivity index (χ1n) is 5.36. The molecule has 0 aliphatic carbocycles. The summed E-state index contributed by atoms with van der Waals surface area (Å²) in [5, 5.41) is 0. The average molecular weight is 273 g/mol. The van der Waals surface area contributed by atoms with Crippen molar-refractivity contribution in [2.24, 2.45) is 5.92 Å². The number of amides is 1. The van der Waals surface area contributed by atoms with Crippen molar-refractivity contribution < 1.29 is 17.1 Å². The SMILES string of the molecule is Cc1cnc(N2CC(CS(=O)(=O)F)CC2=O)nc1. The van der Waals surface area contributed by atoms with Crippen molar-refractivity contribution in [1.29, 1.82) is 0 Å². The molecule has 1 aliphatic heterocycles. The summed E-state index contributed by atoms with van der Waals surface area (Å²) in [7, 11) is -4.56. The van der Waals surface area contributed by atoms with Crippen LogP contribution in [0.2, 0.25) is 0 Å². The molecule has 6 nitrogen and oxygen atoms in total. The van der Waals surface area contributed by atoms with Crippen LogP contribution in [-0.4, -0.2) is 36.6 Å². The molecule has 1 saturated heterocycles. The number of anilines is 1.